The van der Waals surface area contributed by atoms with Crippen LogP contribution in [-0.4, -0.2) is 73.4 Å². The number of aliphatic carboxylic acids is 2. The van der Waals surface area contributed by atoms with Crippen molar-refractivity contribution in [2.45, 2.75) is 25.2 Å². The Kier molecular flexibility index (Phi) is 10.6. The first-order valence-corrected chi connectivity index (χ1v) is 11.3. The lowest BCUT2D eigenvalue weighted by Crippen LogP contribution is -2.27. The summed E-state index contributed by atoms with van der Waals surface area (Å²) in [6.45, 7) is 1.62. The van der Waals surface area contributed by atoms with Crippen molar-refractivity contribution in [1.29, 1.82) is 0 Å². The molecule has 0 unspecified atom stereocenters. The van der Waals surface area contributed by atoms with Gasteiger partial charge in [0.1, 0.15) is 0 Å². The minimum atomic E-state index is -5.08. The van der Waals surface area contributed by atoms with Crippen LogP contribution in [0.1, 0.15) is 20.4 Å². The van der Waals surface area contributed by atoms with Gasteiger partial charge in [-0.2, -0.15) is 26.3 Å². The maximum absolute atomic E-state index is 12.4. The first kappa shape index (κ1) is 30.9. The first-order chi connectivity index (χ1) is 18.2. The third-order valence-electron chi connectivity index (χ3n) is 4.44. The fraction of sp³-hybridized carbons (Fsp3) is 0.286. The number of halogens is 6. The van der Waals surface area contributed by atoms with E-state index in [1.807, 2.05) is 6.07 Å². The molecule has 0 saturated carbocycles. The van der Waals surface area contributed by atoms with Crippen molar-refractivity contribution in [3.63, 3.8) is 0 Å². The molecule has 3 aromatic rings. The van der Waals surface area contributed by atoms with Gasteiger partial charge < -0.3 is 20.4 Å². The van der Waals surface area contributed by atoms with Gasteiger partial charge in [-0.05, 0) is 18.2 Å². The number of thiazole rings is 1. The van der Waals surface area contributed by atoms with Gasteiger partial charge in [0.25, 0.3) is 5.91 Å². The first-order valence-electron chi connectivity index (χ1n) is 10.5. The highest BCUT2D eigenvalue weighted by molar-refractivity contribution is 7.13. The lowest BCUT2D eigenvalue weighted by Gasteiger charge is -2.19. The SMILES string of the molecule is O=C(Nc1cccnc1)c1nc2c(s1)CCN(c1ncccn1)CC2.O=C(O)C(F)(F)F.O=C(O)C(F)(F)F. The molecule has 0 radical (unpaired) electrons. The minimum absolute atomic E-state index is 0.186. The Bertz CT molecular complexity index is 1210. The van der Waals surface area contributed by atoms with Gasteiger partial charge in [-0.1, -0.05) is 0 Å². The van der Waals surface area contributed by atoms with Crippen molar-refractivity contribution >= 4 is 40.8 Å². The van der Waals surface area contributed by atoms with Gasteiger partial charge in [-0.15, -0.1) is 11.3 Å². The zero-order chi connectivity index (χ0) is 29.2. The Morgan fingerprint density at radius 1 is 0.897 bits per heavy atom. The summed E-state index contributed by atoms with van der Waals surface area (Å²) in [4.78, 5) is 50.7. The van der Waals surface area contributed by atoms with E-state index in [9.17, 15) is 31.1 Å². The van der Waals surface area contributed by atoms with Gasteiger partial charge in [0.05, 0.1) is 17.6 Å². The van der Waals surface area contributed by atoms with Crippen molar-refractivity contribution < 1.29 is 50.9 Å². The fourth-order valence-electron chi connectivity index (χ4n) is 2.74. The zero-order valence-electron chi connectivity index (χ0n) is 19.4. The fourth-order valence-corrected chi connectivity index (χ4v) is 3.73. The van der Waals surface area contributed by atoms with Crippen LogP contribution in [0.3, 0.4) is 0 Å². The summed E-state index contributed by atoms with van der Waals surface area (Å²) >= 11 is 1.46. The van der Waals surface area contributed by atoms with Crippen LogP contribution in [0.5, 0.6) is 0 Å². The van der Waals surface area contributed by atoms with Crippen LogP contribution < -0.4 is 10.2 Å². The molecule has 3 aromatic heterocycles. The van der Waals surface area contributed by atoms with E-state index < -0.39 is 24.3 Å². The number of carbonyl (C=O) groups excluding carboxylic acids is 1. The van der Waals surface area contributed by atoms with Crippen LogP contribution in [0, 0.1) is 0 Å². The number of anilines is 2. The summed E-state index contributed by atoms with van der Waals surface area (Å²) in [5, 5.41) is 17.6. The highest BCUT2D eigenvalue weighted by Crippen LogP contribution is 2.25. The summed E-state index contributed by atoms with van der Waals surface area (Å²) in [5.41, 5.74) is 1.67. The molecular formula is C21H18F6N6O5S. The summed E-state index contributed by atoms with van der Waals surface area (Å²) in [7, 11) is 0. The number of rotatable bonds is 3. The third-order valence-corrected chi connectivity index (χ3v) is 5.60. The van der Waals surface area contributed by atoms with Crippen LogP contribution in [-0.2, 0) is 22.4 Å². The number of amides is 1. The Labute approximate surface area is 219 Å². The van der Waals surface area contributed by atoms with Crippen LogP contribution in [0.2, 0.25) is 0 Å². The number of nitrogens with zero attached hydrogens (tertiary/aromatic N) is 5. The van der Waals surface area contributed by atoms with E-state index in [4.69, 9.17) is 19.8 Å². The number of alkyl halides is 6. The summed E-state index contributed by atoms with van der Waals surface area (Å²) < 4.78 is 63.5. The minimum Gasteiger partial charge on any atom is -0.475 e. The molecule has 3 N–H and O–H groups in total. The third kappa shape index (κ3) is 10.1. The van der Waals surface area contributed by atoms with Gasteiger partial charge >= 0.3 is 24.3 Å². The van der Waals surface area contributed by atoms with Gasteiger partial charge in [-0.3, -0.25) is 9.78 Å². The Hall–Kier alpha value is -4.35. The number of carbonyl (C=O) groups is 3. The van der Waals surface area contributed by atoms with Crippen LogP contribution in [0.4, 0.5) is 38.0 Å². The maximum Gasteiger partial charge on any atom is 0.490 e. The Morgan fingerprint density at radius 2 is 1.46 bits per heavy atom. The summed E-state index contributed by atoms with van der Waals surface area (Å²) in [5.74, 6) is -4.96. The van der Waals surface area contributed by atoms with Gasteiger partial charge in [0, 0.05) is 49.4 Å². The molecule has 11 nitrogen and oxygen atoms in total. The molecule has 39 heavy (non-hydrogen) atoms. The largest absolute Gasteiger partial charge is 0.490 e. The lowest BCUT2D eigenvalue weighted by atomic mass is 10.2. The van der Waals surface area contributed by atoms with Crippen molar-refractivity contribution in [3.05, 3.63) is 58.6 Å². The van der Waals surface area contributed by atoms with E-state index >= 15 is 0 Å². The van der Waals surface area contributed by atoms with Gasteiger partial charge in [-0.25, -0.2) is 24.5 Å². The van der Waals surface area contributed by atoms with Gasteiger partial charge in [0.15, 0.2) is 5.01 Å². The smallest absolute Gasteiger partial charge is 0.475 e. The normalized spacial score (nSPS) is 12.9. The van der Waals surface area contributed by atoms with Crippen molar-refractivity contribution in [1.82, 2.24) is 19.9 Å². The molecule has 4 heterocycles. The van der Waals surface area contributed by atoms with Crippen molar-refractivity contribution in [2.24, 2.45) is 0 Å². The zero-order valence-corrected chi connectivity index (χ0v) is 20.2. The second-order valence-electron chi connectivity index (χ2n) is 7.23. The quantitative estimate of drug-likeness (QED) is 0.392. The summed E-state index contributed by atoms with van der Waals surface area (Å²) in [6, 6.07) is 5.40. The topological polar surface area (TPSA) is 158 Å². The second kappa shape index (κ2) is 13.4. The number of hydrogen-bond donors (Lipinski definition) is 3. The highest BCUT2D eigenvalue weighted by atomic mass is 32.1. The molecule has 1 amide bonds. The molecule has 0 atom stereocenters. The number of fused-ring (bicyclic) bond motifs is 1. The van der Waals surface area contributed by atoms with Crippen LogP contribution in [0.25, 0.3) is 0 Å². The lowest BCUT2D eigenvalue weighted by molar-refractivity contribution is -0.193. The van der Waals surface area contributed by atoms with E-state index in [0.29, 0.717) is 10.7 Å². The molecular weight excluding hydrogens is 562 g/mol. The van der Waals surface area contributed by atoms with E-state index in [1.54, 1.807) is 36.9 Å². The Morgan fingerprint density at radius 3 is 1.97 bits per heavy atom. The number of carboxylic acids is 2. The summed E-state index contributed by atoms with van der Waals surface area (Å²) in [6.07, 6.45) is -1.75. The average Bonchev–Trinajstić information content (AvgIpc) is 3.18. The number of nitrogens with one attached hydrogen (secondary N) is 1. The van der Waals surface area contributed by atoms with Gasteiger partial charge in [0.2, 0.25) is 5.95 Å². The molecule has 18 heteroatoms. The molecule has 210 valence electrons. The molecule has 4 rings (SSSR count). The van der Waals surface area contributed by atoms with E-state index in [0.717, 1.165) is 42.5 Å². The number of hydrogen-bond acceptors (Lipinski definition) is 9. The number of aromatic nitrogens is 4. The molecule has 0 bridgehead atoms. The molecule has 0 spiro atoms. The van der Waals surface area contributed by atoms with Crippen molar-refractivity contribution in [3.8, 4) is 0 Å². The van der Waals surface area contributed by atoms with Crippen LogP contribution >= 0.6 is 11.3 Å². The maximum atomic E-state index is 12.4. The molecule has 0 aromatic carbocycles. The van der Waals surface area contributed by atoms with Crippen LogP contribution in [0.15, 0.2) is 43.0 Å². The second-order valence-corrected chi connectivity index (χ2v) is 8.31. The van der Waals surface area contributed by atoms with E-state index in [1.165, 1.54) is 11.3 Å². The highest BCUT2D eigenvalue weighted by Gasteiger charge is 2.38. The molecule has 0 aliphatic carbocycles. The molecule has 0 fully saturated rings. The Balaban J connectivity index is 0.000000317. The monoisotopic (exact) mass is 580 g/mol. The van der Waals surface area contributed by atoms with Crippen molar-refractivity contribution in [2.75, 3.05) is 23.3 Å². The van der Waals surface area contributed by atoms with E-state index in [2.05, 4.69) is 30.2 Å². The number of carboxylic acid groups (broad SMARTS) is 2. The standard InChI is InChI=1S/C17H16N6OS.2C2HF3O2/c24-15(21-12-3-1-6-18-11-12)16-22-13-4-9-23(10-5-14(13)25-16)17-19-7-2-8-20-17;2*3-2(4,5)1(6)7/h1-3,6-8,11H,4-5,9-10H2,(H,21,24);2*(H,6,7). The average molecular weight is 580 g/mol. The predicted octanol–water partition coefficient (Wildman–Crippen LogP) is 3.45. The number of pyridine rings is 1. The molecule has 1 aliphatic rings. The molecule has 1 aliphatic heterocycles. The van der Waals surface area contributed by atoms with E-state index in [-0.39, 0.29) is 5.91 Å². The molecule has 0 saturated heterocycles. The predicted molar refractivity (Wildman–Crippen MR) is 123 cm³/mol.